The first-order valence-electron chi connectivity index (χ1n) is 7.13. The van der Waals surface area contributed by atoms with Crippen LogP contribution in [0.3, 0.4) is 0 Å². The van der Waals surface area contributed by atoms with Gasteiger partial charge in [0.05, 0.1) is 0 Å². The normalized spacial score (nSPS) is 20.6. The summed E-state index contributed by atoms with van der Waals surface area (Å²) in [6.45, 7) is 9.65. The Hall–Kier alpha value is -1.59. The molecule has 114 valence electrons. The third kappa shape index (κ3) is 4.21. The summed E-state index contributed by atoms with van der Waals surface area (Å²) < 4.78 is 0. The third-order valence-corrected chi connectivity index (χ3v) is 3.50. The lowest BCUT2D eigenvalue weighted by Gasteiger charge is -2.19. The van der Waals surface area contributed by atoms with Gasteiger partial charge < -0.3 is 10.6 Å². The van der Waals surface area contributed by atoms with Crippen LogP contribution in [0.25, 0.3) is 0 Å². The Morgan fingerprint density at radius 3 is 2.35 bits per heavy atom. The molecule has 6 nitrogen and oxygen atoms in total. The SMILES string of the molecule is CC(C)C[C@H]1NC(=O)N(CC(=O)N[C@@H](C)C(C)C)C1=O. The quantitative estimate of drug-likeness (QED) is 0.717. The molecule has 1 fully saturated rings. The van der Waals surface area contributed by atoms with E-state index in [1.54, 1.807) is 0 Å². The van der Waals surface area contributed by atoms with Crippen LogP contribution in [0.1, 0.15) is 41.0 Å². The van der Waals surface area contributed by atoms with Gasteiger partial charge in [0.2, 0.25) is 5.91 Å². The van der Waals surface area contributed by atoms with Gasteiger partial charge in [0, 0.05) is 6.04 Å². The molecular weight excluding hydrogens is 258 g/mol. The second-order valence-electron chi connectivity index (χ2n) is 6.16. The fraction of sp³-hybridized carbons (Fsp3) is 0.786. The first kappa shape index (κ1) is 16.5. The molecule has 0 aliphatic carbocycles. The lowest BCUT2D eigenvalue weighted by Crippen LogP contribution is -2.45. The number of carbonyl (C=O) groups excluding carboxylic acids is 3. The van der Waals surface area contributed by atoms with Crippen molar-refractivity contribution in [2.75, 3.05) is 6.54 Å². The first-order chi connectivity index (χ1) is 9.22. The van der Waals surface area contributed by atoms with Gasteiger partial charge in [-0.1, -0.05) is 27.7 Å². The van der Waals surface area contributed by atoms with Gasteiger partial charge in [0.1, 0.15) is 12.6 Å². The highest BCUT2D eigenvalue weighted by Crippen LogP contribution is 2.14. The molecule has 0 unspecified atom stereocenters. The molecule has 1 aliphatic heterocycles. The molecule has 0 bridgehead atoms. The Labute approximate surface area is 120 Å². The van der Waals surface area contributed by atoms with E-state index < -0.39 is 12.1 Å². The molecule has 1 heterocycles. The van der Waals surface area contributed by atoms with E-state index in [0.29, 0.717) is 18.3 Å². The van der Waals surface area contributed by atoms with Crippen LogP contribution < -0.4 is 10.6 Å². The van der Waals surface area contributed by atoms with E-state index in [1.807, 2.05) is 34.6 Å². The molecule has 2 atom stereocenters. The van der Waals surface area contributed by atoms with Gasteiger partial charge >= 0.3 is 6.03 Å². The average Bonchev–Trinajstić information content (AvgIpc) is 2.56. The number of hydrogen-bond acceptors (Lipinski definition) is 3. The number of rotatable bonds is 6. The molecule has 20 heavy (non-hydrogen) atoms. The van der Waals surface area contributed by atoms with Gasteiger partial charge in [0.15, 0.2) is 0 Å². The molecule has 0 radical (unpaired) electrons. The van der Waals surface area contributed by atoms with E-state index in [-0.39, 0.29) is 24.4 Å². The minimum atomic E-state index is -0.502. The number of nitrogens with zero attached hydrogens (tertiary/aromatic N) is 1. The summed E-state index contributed by atoms with van der Waals surface area (Å²) in [5.74, 6) is -0.00863. The monoisotopic (exact) mass is 283 g/mol. The number of nitrogens with one attached hydrogen (secondary N) is 2. The van der Waals surface area contributed by atoms with Crippen LogP contribution in [-0.2, 0) is 9.59 Å². The lowest BCUT2D eigenvalue weighted by molar-refractivity contribution is -0.132. The topological polar surface area (TPSA) is 78.5 Å². The summed E-state index contributed by atoms with van der Waals surface area (Å²) in [6, 6.07) is -0.972. The van der Waals surface area contributed by atoms with Crippen molar-refractivity contribution in [1.29, 1.82) is 0 Å². The maximum Gasteiger partial charge on any atom is 0.325 e. The summed E-state index contributed by atoms with van der Waals surface area (Å²) in [6.07, 6.45) is 0.588. The van der Waals surface area contributed by atoms with Gasteiger partial charge in [-0.2, -0.15) is 0 Å². The van der Waals surface area contributed by atoms with E-state index in [0.717, 1.165) is 4.90 Å². The molecule has 2 N–H and O–H groups in total. The molecule has 1 aliphatic rings. The zero-order chi connectivity index (χ0) is 15.4. The maximum atomic E-state index is 12.1. The molecule has 0 aromatic heterocycles. The van der Waals surface area contributed by atoms with Crippen molar-refractivity contribution in [2.45, 2.75) is 53.1 Å². The van der Waals surface area contributed by atoms with Crippen LogP contribution in [0.2, 0.25) is 0 Å². The largest absolute Gasteiger partial charge is 0.352 e. The second-order valence-corrected chi connectivity index (χ2v) is 6.16. The Bertz CT molecular complexity index is 393. The smallest absolute Gasteiger partial charge is 0.325 e. The first-order valence-corrected chi connectivity index (χ1v) is 7.13. The van der Waals surface area contributed by atoms with Crippen molar-refractivity contribution < 1.29 is 14.4 Å². The zero-order valence-corrected chi connectivity index (χ0v) is 12.9. The van der Waals surface area contributed by atoms with Crippen LogP contribution >= 0.6 is 0 Å². The number of urea groups is 1. The molecule has 0 aromatic carbocycles. The molecular formula is C14H25N3O3. The van der Waals surface area contributed by atoms with Crippen molar-refractivity contribution in [3.8, 4) is 0 Å². The highest BCUT2D eigenvalue weighted by atomic mass is 16.2. The van der Waals surface area contributed by atoms with Gasteiger partial charge in [-0.15, -0.1) is 0 Å². The molecule has 6 heteroatoms. The van der Waals surface area contributed by atoms with Gasteiger partial charge in [-0.05, 0) is 25.2 Å². The molecule has 1 rings (SSSR count). The Morgan fingerprint density at radius 2 is 1.85 bits per heavy atom. The number of carbonyl (C=O) groups is 3. The number of hydrogen-bond donors (Lipinski definition) is 2. The van der Waals surface area contributed by atoms with Crippen LogP contribution in [0.5, 0.6) is 0 Å². The summed E-state index contributed by atoms with van der Waals surface area (Å²) >= 11 is 0. The molecule has 0 aromatic rings. The summed E-state index contributed by atoms with van der Waals surface area (Å²) in [7, 11) is 0. The standard InChI is InChI=1S/C14H25N3O3/c1-8(2)6-11-13(19)17(14(20)16-11)7-12(18)15-10(5)9(3)4/h8-11H,6-7H2,1-5H3,(H,15,18)(H,16,20)/t10-,11+/m0/s1. The Kier molecular flexibility index (Phi) is 5.53. The number of imide groups is 1. The van der Waals surface area contributed by atoms with Crippen molar-refractivity contribution in [1.82, 2.24) is 15.5 Å². The van der Waals surface area contributed by atoms with Crippen molar-refractivity contribution in [3.63, 3.8) is 0 Å². The second kappa shape index (κ2) is 6.72. The highest BCUT2D eigenvalue weighted by molar-refractivity contribution is 6.06. The highest BCUT2D eigenvalue weighted by Gasteiger charge is 2.39. The van der Waals surface area contributed by atoms with Gasteiger partial charge in [-0.25, -0.2) is 4.79 Å². The van der Waals surface area contributed by atoms with Crippen LogP contribution in [-0.4, -0.2) is 41.4 Å². The van der Waals surface area contributed by atoms with Gasteiger partial charge in [-0.3, -0.25) is 14.5 Å². The maximum absolute atomic E-state index is 12.1. The van der Waals surface area contributed by atoms with Crippen LogP contribution in [0, 0.1) is 11.8 Å². The summed E-state index contributed by atoms with van der Waals surface area (Å²) in [4.78, 5) is 36.7. The van der Waals surface area contributed by atoms with E-state index >= 15 is 0 Å². The third-order valence-electron chi connectivity index (χ3n) is 3.50. The van der Waals surface area contributed by atoms with Crippen molar-refractivity contribution >= 4 is 17.8 Å². The average molecular weight is 283 g/mol. The predicted molar refractivity (Wildman–Crippen MR) is 75.9 cm³/mol. The van der Waals surface area contributed by atoms with E-state index in [9.17, 15) is 14.4 Å². The molecule has 0 saturated carbocycles. The van der Waals surface area contributed by atoms with Crippen LogP contribution in [0.15, 0.2) is 0 Å². The Balaban J connectivity index is 2.57. The zero-order valence-electron chi connectivity index (χ0n) is 12.9. The minimum absolute atomic E-state index is 0.00901. The fourth-order valence-corrected chi connectivity index (χ4v) is 1.97. The van der Waals surface area contributed by atoms with Gasteiger partial charge in [0.25, 0.3) is 5.91 Å². The van der Waals surface area contributed by atoms with Crippen molar-refractivity contribution in [3.05, 3.63) is 0 Å². The lowest BCUT2D eigenvalue weighted by atomic mass is 10.0. The summed E-state index contributed by atoms with van der Waals surface area (Å²) in [5.41, 5.74) is 0. The predicted octanol–water partition coefficient (Wildman–Crippen LogP) is 1.11. The molecule has 4 amide bonds. The van der Waals surface area contributed by atoms with E-state index in [2.05, 4.69) is 10.6 Å². The van der Waals surface area contributed by atoms with Crippen LogP contribution in [0.4, 0.5) is 4.79 Å². The fourth-order valence-electron chi connectivity index (χ4n) is 1.97. The van der Waals surface area contributed by atoms with E-state index in [1.165, 1.54) is 0 Å². The van der Waals surface area contributed by atoms with E-state index in [4.69, 9.17) is 0 Å². The Morgan fingerprint density at radius 1 is 1.25 bits per heavy atom. The number of amides is 4. The van der Waals surface area contributed by atoms with Crippen molar-refractivity contribution in [2.24, 2.45) is 11.8 Å². The molecule has 0 spiro atoms. The minimum Gasteiger partial charge on any atom is -0.352 e. The molecule has 1 saturated heterocycles. The summed E-state index contributed by atoms with van der Waals surface area (Å²) in [5, 5.41) is 5.41.